The summed E-state index contributed by atoms with van der Waals surface area (Å²) in [6, 6.07) is 0. The van der Waals surface area contributed by atoms with Crippen molar-refractivity contribution in [2.24, 2.45) is 0 Å². The topological polar surface area (TPSA) is 98.1 Å². The van der Waals surface area contributed by atoms with Gasteiger partial charge in [-0.05, 0) is 39.2 Å². The molecule has 128 valence electrons. The predicted molar refractivity (Wildman–Crippen MR) is 87.6 cm³/mol. The van der Waals surface area contributed by atoms with Gasteiger partial charge in [0.15, 0.2) is 5.78 Å². The van der Waals surface area contributed by atoms with E-state index >= 15 is 0 Å². The van der Waals surface area contributed by atoms with Crippen molar-refractivity contribution < 1.29 is 18.7 Å². The molecule has 0 aliphatic heterocycles. The average molecular weight is 349 g/mol. The lowest BCUT2D eigenvalue weighted by Crippen LogP contribution is -2.08. The standard InChI is InChI=1S/C16H19N3O4S/c1-4-22-15(21)12-8(2)13(17-9(12)3)11(20)7-24-16-19-18-14(23-16)10-5-6-10/h10,17H,4-7H2,1-3H3. The summed E-state index contributed by atoms with van der Waals surface area (Å²) in [5, 5.41) is 8.34. The van der Waals surface area contributed by atoms with Gasteiger partial charge in [0, 0.05) is 11.6 Å². The maximum Gasteiger partial charge on any atom is 0.340 e. The van der Waals surface area contributed by atoms with Crippen molar-refractivity contribution in [3.63, 3.8) is 0 Å². The number of ketones is 1. The van der Waals surface area contributed by atoms with Crippen LogP contribution in [0.25, 0.3) is 0 Å². The highest BCUT2D eigenvalue weighted by atomic mass is 32.2. The van der Waals surface area contributed by atoms with Gasteiger partial charge in [-0.2, -0.15) is 0 Å². The minimum absolute atomic E-state index is 0.123. The molecule has 2 aromatic rings. The Morgan fingerprint density at radius 1 is 1.33 bits per heavy atom. The highest BCUT2D eigenvalue weighted by Gasteiger charge is 2.29. The Bertz CT molecular complexity index is 776. The lowest BCUT2D eigenvalue weighted by molar-refractivity contribution is 0.0525. The Kier molecular flexibility index (Phi) is 4.75. The van der Waals surface area contributed by atoms with E-state index in [1.165, 1.54) is 11.8 Å². The summed E-state index contributed by atoms with van der Waals surface area (Å²) in [7, 11) is 0. The Morgan fingerprint density at radius 2 is 2.08 bits per heavy atom. The summed E-state index contributed by atoms with van der Waals surface area (Å²) >= 11 is 1.21. The number of carbonyl (C=O) groups excluding carboxylic acids is 2. The zero-order valence-electron chi connectivity index (χ0n) is 13.8. The van der Waals surface area contributed by atoms with Gasteiger partial charge in [0.25, 0.3) is 5.22 Å². The molecule has 0 atom stereocenters. The number of H-pyrrole nitrogens is 1. The second kappa shape index (κ2) is 6.80. The van der Waals surface area contributed by atoms with E-state index in [0.717, 1.165) is 12.8 Å². The largest absolute Gasteiger partial charge is 0.462 e. The third-order valence-corrected chi connectivity index (χ3v) is 4.69. The van der Waals surface area contributed by atoms with Gasteiger partial charge in [0.05, 0.1) is 23.6 Å². The molecule has 2 heterocycles. The number of nitrogens with one attached hydrogen (secondary N) is 1. The smallest absolute Gasteiger partial charge is 0.340 e. The van der Waals surface area contributed by atoms with E-state index in [-0.39, 0.29) is 11.5 Å². The van der Waals surface area contributed by atoms with E-state index in [1.54, 1.807) is 20.8 Å². The van der Waals surface area contributed by atoms with Gasteiger partial charge < -0.3 is 14.1 Å². The molecule has 2 aromatic heterocycles. The van der Waals surface area contributed by atoms with Gasteiger partial charge in [-0.1, -0.05) is 11.8 Å². The van der Waals surface area contributed by atoms with Crippen molar-refractivity contribution >= 4 is 23.5 Å². The van der Waals surface area contributed by atoms with Gasteiger partial charge in [-0.3, -0.25) is 4.79 Å². The maximum atomic E-state index is 12.4. The average Bonchev–Trinajstić information content (AvgIpc) is 3.21. The molecule has 0 radical (unpaired) electrons. The number of nitrogens with zero attached hydrogens (tertiary/aromatic N) is 2. The van der Waals surface area contributed by atoms with Gasteiger partial charge in [-0.25, -0.2) is 4.79 Å². The lowest BCUT2D eigenvalue weighted by atomic mass is 10.1. The first-order valence-electron chi connectivity index (χ1n) is 7.87. The number of rotatable bonds is 7. The Hall–Kier alpha value is -2.09. The number of hydrogen-bond donors (Lipinski definition) is 1. The van der Waals surface area contributed by atoms with Crippen molar-refractivity contribution in [1.29, 1.82) is 0 Å². The normalized spacial score (nSPS) is 14.0. The molecule has 1 saturated carbocycles. The monoisotopic (exact) mass is 349 g/mol. The summed E-state index contributed by atoms with van der Waals surface area (Å²) in [6.07, 6.45) is 2.17. The van der Waals surface area contributed by atoms with Crippen LogP contribution in [0.2, 0.25) is 0 Å². The molecule has 0 spiro atoms. The summed E-state index contributed by atoms with van der Waals surface area (Å²) in [6.45, 7) is 5.54. The van der Waals surface area contributed by atoms with Gasteiger partial charge in [-0.15, -0.1) is 10.2 Å². The molecule has 0 aromatic carbocycles. The third kappa shape index (κ3) is 3.38. The molecule has 24 heavy (non-hydrogen) atoms. The van der Waals surface area contributed by atoms with Crippen molar-refractivity contribution in [2.45, 2.75) is 44.8 Å². The number of ether oxygens (including phenoxy) is 1. The van der Waals surface area contributed by atoms with Crippen LogP contribution in [-0.4, -0.2) is 39.3 Å². The number of aromatic amines is 1. The van der Waals surface area contributed by atoms with E-state index in [0.29, 0.717) is 46.2 Å². The molecule has 7 nitrogen and oxygen atoms in total. The Morgan fingerprint density at radius 3 is 2.75 bits per heavy atom. The van der Waals surface area contributed by atoms with Crippen LogP contribution < -0.4 is 0 Å². The summed E-state index contributed by atoms with van der Waals surface area (Å²) in [4.78, 5) is 27.4. The predicted octanol–water partition coefficient (Wildman–Crippen LogP) is 3.04. The number of hydrogen-bond acceptors (Lipinski definition) is 7. The Balaban J connectivity index is 1.68. The third-order valence-electron chi connectivity index (χ3n) is 3.87. The van der Waals surface area contributed by atoms with Crippen LogP contribution in [0.3, 0.4) is 0 Å². The van der Waals surface area contributed by atoms with E-state index in [2.05, 4.69) is 15.2 Å². The molecule has 0 amide bonds. The molecule has 0 saturated heterocycles. The van der Waals surface area contributed by atoms with E-state index in [1.807, 2.05) is 0 Å². The van der Waals surface area contributed by atoms with Crippen molar-refractivity contribution in [3.8, 4) is 0 Å². The van der Waals surface area contributed by atoms with Crippen LogP contribution >= 0.6 is 11.8 Å². The van der Waals surface area contributed by atoms with Gasteiger partial charge >= 0.3 is 5.97 Å². The molecular formula is C16H19N3O4S. The number of carbonyl (C=O) groups is 2. The lowest BCUT2D eigenvalue weighted by Gasteiger charge is -2.02. The van der Waals surface area contributed by atoms with Crippen LogP contribution in [-0.2, 0) is 4.74 Å². The van der Waals surface area contributed by atoms with Gasteiger partial charge in [0.1, 0.15) is 0 Å². The maximum absolute atomic E-state index is 12.4. The number of thioether (sulfide) groups is 1. The van der Waals surface area contributed by atoms with Crippen LogP contribution in [0.1, 0.15) is 63.7 Å². The van der Waals surface area contributed by atoms with Gasteiger partial charge in [0.2, 0.25) is 5.89 Å². The van der Waals surface area contributed by atoms with E-state index < -0.39 is 5.97 Å². The minimum atomic E-state index is -0.415. The summed E-state index contributed by atoms with van der Waals surface area (Å²) in [5.41, 5.74) is 2.10. The fourth-order valence-corrected chi connectivity index (χ4v) is 3.15. The highest BCUT2D eigenvalue weighted by Crippen LogP contribution is 2.39. The number of esters is 1. The zero-order valence-corrected chi connectivity index (χ0v) is 14.7. The molecule has 3 rings (SSSR count). The summed E-state index contributed by atoms with van der Waals surface area (Å²) in [5.74, 6) is 0.670. The van der Waals surface area contributed by atoms with E-state index in [9.17, 15) is 9.59 Å². The highest BCUT2D eigenvalue weighted by molar-refractivity contribution is 7.99. The molecule has 8 heteroatoms. The van der Waals surface area contributed by atoms with Crippen LogP contribution in [0.15, 0.2) is 9.64 Å². The first kappa shape index (κ1) is 16.8. The molecule has 1 fully saturated rings. The van der Waals surface area contributed by atoms with E-state index in [4.69, 9.17) is 9.15 Å². The second-order valence-electron chi connectivity index (χ2n) is 5.74. The molecule has 0 bridgehead atoms. The quantitative estimate of drug-likeness (QED) is 0.466. The first-order valence-corrected chi connectivity index (χ1v) is 8.85. The fourth-order valence-electron chi connectivity index (χ4n) is 2.51. The number of aryl methyl sites for hydroxylation is 1. The second-order valence-corrected chi connectivity index (χ2v) is 6.66. The number of aromatic nitrogens is 3. The molecular weight excluding hydrogens is 330 g/mol. The molecule has 0 unspecified atom stereocenters. The zero-order chi connectivity index (χ0) is 17.3. The fraction of sp³-hybridized carbons (Fsp3) is 0.500. The van der Waals surface area contributed by atoms with Crippen LogP contribution in [0, 0.1) is 13.8 Å². The van der Waals surface area contributed by atoms with Crippen LogP contribution in [0.5, 0.6) is 0 Å². The first-order chi connectivity index (χ1) is 11.5. The van der Waals surface area contributed by atoms with Crippen molar-refractivity contribution in [2.75, 3.05) is 12.4 Å². The molecule has 1 N–H and O–H groups in total. The summed E-state index contributed by atoms with van der Waals surface area (Å²) < 4.78 is 10.6. The minimum Gasteiger partial charge on any atom is -0.462 e. The molecule has 1 aliphatic carbocycles. The SMILES string of the molecule is CCOC(=O)c1c(C)[nH]c(C(=O)CSc2nnc(C3CC3)o2)c1C. The van der Waals surface area contributed by atoms with Crippen molar-refractivity contribution in [3.05, 3.63) is 28.4 Å². The number of Topliss-reactive ketones (excluding diaryl/α,β-unsaturated/α-hetero) is 1. The molecule has 1 aliphatic rings. The van der Waals surface area contributed by atoms with Crippen molar-refractivity contribution in [1.82, 2.24) is 15.2 Å². The Labute approximate surface area is 143 Å². The van der Waals surface area contributed by atoms with Crippen LogP contribution in [0.4, 0.5) is 0 Å².